The molecule has 0 spiro atoms. The van der Waals surface area contributed by atoms with Gasteiger partial charge in [0, 0.05) is 19.7 Å². The van der Waals surface area contributed by atoms with Crippen LogP contribution in [0.5, 0.6) is 11.6 Å². The van der Waals surface area contributed by atoms with Crippen LogP contribution >= 0.6 is 0 Å². The zero-order valence-electron chi connectivity index (χ0n) is 11.4. The molecule has 0 saturated carbocycles. The average Bonchev–Trinajstić information content (AvgIpc) is 2.90. The van der Waals surface area contributed by atoms with Crippen LogP contribution in [0.25, 0.3) is 0 Å². The predicted molar refractivity (Wildman–Crippen MR) is 77.2 cm³/mol. The molecule has 1 aliphatic rings. The molecule has 2 N–H and O–H groups in total. The molecule has 1 aromatic heterocycles. The SMILES string of the molecule is CNc1cc(Oc2ccc3c(c2)CCN3C(=O)O)ncn1. The maximum absolute atomic E-state index is 11.1. The van der Waals surface area contributed by atoms with Crippen molar-refractivity contribution < 1.29 is 14.6 Å². The van der Waals surface area contributed by atoms with E-state index >= 15 is 0 Å². The highest BCUT2D eigenvalue weighted by Crippen LogP contribution is 2.32. The lowest BCUT2D eigenvalue weighted by molar-refractivity contribution is 0.202. The molecule has 0 aliphatic carbocycles. The van der Waals surface area contributed by atoms with E-state index in [1.54, 1.807) is 25.2 Å². The molecule has 1 aliphatic heterocycles. The van der Waals surface area contributed by atoms with Gasteiger partial charge in [-0.1, -0.05) is 0 Å². The van der Waals surface area contributed by atoms with Crippen molar-refractivity contribution in [2.45, 2.75) is 6.42 Å². The molecule has 7 nitrogen and oxygen atoms in total. The van der Waals surface area contributed by atoms with Gasteiger partial charge >= 0.3 is 6.09 Å². The van der Waals surface area contributed by atoms with Crippen molar-refractivity contribution in [1.29, 1.82) is 0 Å². The van der Waals surface area contributed by atoms with Gasteiger partial charge in [0.2, 0.25) is 5.88 Å². The summed E-state index contributed by atoms with van der Waals surface area (Å²) in [7, 11) is 1.77. The molecule has 1 amide bonds. The maximum Gasteiger partial charge on any atom is 0.411 e. The van der Waals surface area contributed by atoms with Crippen LogP contribution in [0, 0.1) is 0 Å². The highest BCUT2D eigenvalue weighted by Gasteiger charge is 2.24. The van der Waals surface area contributed by atoms with E-state index in [9.17, 15) is 4.79 Å². The first-order chi connectivity index (χ1) is 10.2. The van der Waals surface area contributed by atoms with E-state index in [2.05, 4.69) is 15.3 Å². The Hall–Kier alpha value is -2.83. The fourth-order valence-electron chi connectivity index (χ4n) is 2.29. The number of carboxylic acid groups (broad SMARTS) is 1. The normalized spacial score (nSPS) is 12.9. The standard InChI is InChI=1S/C14H14N4O3/c1-15-12-7-13(17-8-16-12)21-10-2-3-11-9(6-10)4-5-18(11)14(19)20/h2-3,6-8H,4-5H2,1H3,(H,19,20)(H,15,16,17). The third-order valence-electron chi connectivity index (χ3n) is 3.30. The molecule has 0 radical (unpaired) electrons. The zero-order chi connectivity index (χ0) is 14.8. The summed E-state index contributed by atoms with van der Waals surface area (Å²) in [6.07, 6.45) is 1.17. The number of rotatable bonds is 3. The molecule has 2 aromatic rings. The highest BCUT2D eigenvalue weighted by molar-refractivity contribution is 5.89. The summed E-state index contributed by atoms with van der Waals surface area (Å²) < 4.78 is 5.68. The van der Waals surface area contributed by atoms with Gasteiger partial charge in [-0.05, 0) is 30.2 Å². The fourth-order valence-corrected chi connectivity index (χ4v) is 2.29. The van der Waals surface area contributed by atoms with Gasteiger partial charge in [0.1, 0.15) is 17.9 Å². The van der Waals surface area contributed by atoms with Crippen molar-refractivity contribution in [3.8, 4) is 11.6 Å². The Morgan fingerprint density at radius 3 is 3.00 bits per heavy atom. The summed E-state index contributed by atoms with van der Waals surface area (Å²) >= 11 is 0. The summed E-state index contributed by atoms with van der Waals surface area (Å²) in [5.41, 5.74) is 1.67. The van der Waals surface area contributed by atoms with Crippen LogP contribution in [-0.2, 0) is 6.42 Å². The number of hydrogen-bond acceptors (Lipinski definition) is 5. The van der Waals surface area contributed by atoms with Crippen LogP contribution < -0.4 is 15.0 Å². The van der Waals surface area contributed by atoms with E-state index in [1.807, 2.05) is 6.07 Å². The van der Waals surface area contributed by atoms with E-state index in [0.717, 1.165) is 5.56 Å². The third kappa shape index (κ3) is 2.58. The Morgan fingerprint density at radius 2 is 2.24 bits per heavy atom. The Morgan fingerprint density at radius 1 is 1.38 bits per heavy atom. The van der Waals surface area contributed by atoms with Gasteiger partial charge in [0.05, 0.1) is 5.69 Å². The molecule has 0 atom stereocenters. The predicted octanol–water partition coefficient (Wildman–Crippen LogP) is 2.35. The number of fused-ring (bicyclic) bond motifs is 1. The van der Waals surface area contributed by atoms with E-state index < -0.39 is 6.09 Å². The summed E-state index contributed by atoms with van der Waals surface area (Å²) in [4.78, 5) is 20.5. The minimum atomic E-state index is -0.933. The third-order valence-corrected chi connectivity index (χ3v) is 3.30. The molecule has 7 heteroatoms. The number of hydrogen-bond donors (Lipinski definition) is 2. The average molecular weight is 286 g/mol. The molecule has 108 valence electrons. The summed E-state index contributed by atoms with van der Waals surface area (Å²) in [5, 5.41) is 12.0. The van der Waals surface area contributed by atoms with Crippen LogP contribution in [0.1, 0.15) is 5.56 Å². The van der Waals surface area contributed by atoms with Crippen molar-refractivity contribution in [2.24, 2.45) is 0 Å². The van der Waals surface area contributed by atoms with Crippen molar-refractivity contribution in [3.63, 3.8) is 0 Å². The number of ether oxygens (including phenoxy) is 1. The first-order valence-electron chi connectivity index (χ1n) is 6.48. The van der Waals surface area contributed by atoms with E-state index in [-0.39, 0.29) is 0 Å². The first-order valence-corrected chi connectivity index (χ1v) is 6.48. The minimum absolute atomic E-state index is 0.433. The number of benzene rings is 1. The molecule has 3 rings (SSSR count). The molecule has 0 fully saturated rings. The molecular formula is C14H14N4O3. The second kappa shape index (κ2) is 5.28. The quantitative estimate of drug-likeness (QED) is 0.900. The lowest BCUT2D eigenvalue weighted by Gasteiger charge is -2.13. The van der Waals surface area contributed by atoms with Crippen LogP contribution in [0.15, 0.2) is 30.6 Å². The van der Waals surface area contributed by atoms with Crippen LogP contribution in [0.2, 0.25) is 0 Å². The molecule has 0 unspecified atom stereocenters. The van der Waals surface area contributed by atoms with Crippen LogP contribution in [0.3, 0.4) is 0 Å². The van der Waals surface area contributed by atoms with Gasteiger partial charge in [-0.25, -0.2) is 14.8 Å². The number of carbonyl (C=O) groups is 1. The van der Waals surface area contributed by atoms with Gasteiger partial charge in [0.15, 0.2) is 0 Å². The molecule has 0 bridgehead atoms. The smallest absolute Gasteiger partial charge is 0.411 e. The molecule has 2 heterocycles. The van der Waals surface area contributed by atoms with Crippen LogP contribution in [-0.4, -0.2) is 34.8 Å². The molecule has 21 heavy (non-hydrogen) atoms. The number of nitrogens with one attached hydrogen (secondary N) is 1. The van der Waals surface area contributed by atoms with Gasteiger partial charge < -0.3 is 15.2 Å². The van der Waals surface area contributed by atoms with Gasteiger partial charge in [-0.2, -0.15) is 0 Å². The Balaban J connectivity index is 1.83. The monoisotopic (exact) mass is 286 g/mol. The van der Waals surface area contributed by atoms with E-state index in [4.69, 9.17) is 9.84 Å². The van der Waals surface area contributed by atoms with Crippen molar-refractivity contribution >= 4 is 17.6 Å². The van der Waals surface area contributed by atoms with Gasteiger partial charge in [-0.15, -0.1) is 0 Å². The molecular weight excluding hydrogens is 272 g/mol. The lowest BCUT2D eigenvalue weighted by atomic mass is 10.1. The van der Waals surface area contributed by atoms with Gasteiger partial charge in [0.25, 0.3) is 0 Å². The Bertz CT molecular complexity index is 690. The lowest BCUT2D eigenvalue weighted by Crippen LogP contribution is -2.26. The fraction of sp³-hybridized carbons (Fsp3) is 0.214. The topological polar surface area (TPSA) is 87.6 Å². The Labute approximate surface area is 121 Å². The van der Waals surface area contributed by atoms with Crippen LogP contribution in [0.4, 0.5) is 16.3 Å². The second-order valence-corrected chi connectivity index (χ2v) is 4.57. The first kappa shape index (κ1) is 13.2. The molecule has 1 aromatic carbocycles. The maximum atomic E-state index is 11.1. The number of aromatic nitrogens is 2. The van der Waals surface area contributed by atoms with E-state index in [0.29, 0.717) is 36.1 Å². The number of anilines is 2. The van der Waals surface area contributed by atoms with E-state index in [1.165, 1.54) is 11.2 Å². The Kier molecular flexibility index (Phi) is 3.31. The van der Waals surface area contributed by atoms with Crippen molar-refractivity contribution in [2.75, 3.05) is 23.8 Å². The largest absolute Gasteiger partial charge is 0.465 e. The zero-order valence-corrected chi connectivity index (χ0v) is 11.4. The second-order valence-electron chi connectivity index (χ2n) is 4.57. The number of amides is 1. The molecule has 0 saturated heterocycles. The summed E-state index contributed by atoms with van der Waals surface area (Å²) in [6.45, 7) is 0.478. The highest BCUT2D eigenvalue weighted by atomic mass is 16.5. The summed E-state index contributed by atoms with van der Waals surface area (Å²) in [5.74, 6) is 1.72. The van der Waals surface area contributed by atoms with Crippen molar-refractivity contribution in [3.05, 3.63) is 36.2 Å². The minimum Gasteiger partial charge on any atom is -0.465 e. The summed E-state index contributed by atoms with van der Waals surface area (Å²) in [6, 6.07) is 7.03. The van der Waals surface area contributed by atoms with Crippen molar-refractivity contribution in [1.82, 2.24) is 9.97 Å². The van der Waals surface area contributed by atoms with Gasteiger partial charge in [-0.3, -0.25) is 4.90 Å². The number of nitrogens with zero attached hydrogens (tertiary/aromatic N) is 3.